The van der Waals surface area contributed by atoms with E-state index in [1.807, 2.05) is 55.5 Å². The highest BCUT2D eigenvalue weighted by atomic mass is 16.5. The summed E-state index contributed by atoms with van der Waals surface area (Å²) in [5, 5.41) is 27.6. The standard InChI is InChI=1S/C41H46N14O4/c1-3-38(30(2)56)55-40(57)52(29-48-55)34-6-4-32(5-7-34)49-14-16-50(17-15-49)33-8-11-36(12-9-33)58-20-31-19-41(59-21-31,22-51-26-42-23-45-51)37-13-10-35(53-27-43-24-46-53)18-39(37)54-28-44-25-47-54/h4-13,18,23-31,38,56H,3,14-17,19-22H2,1-2H3/t30-,31+,38-,41-/m0/s1. The van der Waals surface area contributed by atoms with Crippen molar-refractivity contribution in [3.8, 4) is 22.8 Å². The summed E-state index contributed by atoms with van der Waals surface area (Å²) in [6, 6.07) is 22.0. The molecular formula is C41H46N14O4. The van der Waals surface area contributed by atoms with Crippen LogP contribution < -0.4 is 20.2 Å². The summed E-state index contributed by atoms with van der Waals surface area (Å²) in [4.78, 5) is 30.3. The van der Waals surface area contributed by atoms with Gasteiger partial charge in [0, 0.05) is 49.0 Å². The molecule has 59 heavy (non-hydrogen) atoms. The molecule has 3 aromatic carbocycles. The van der Waals surface area contributed by atoms with E-state index in [1.54, 1.807) is 40.0 Å². The Labute approximate surface area is 339 Å². The van der Waals surface area contributed by atoms with Crippen LogP contribution in [0.25, 0.3) is 17.1 Å². The van der Waals surface area contributed by atoms with Crippen LogP contribution in [0.2, 0.25) is 0 Å². The molecule has 2 aliphatic rings. The molecule has 0 amide bonds. The Kier molecular flexibility index (Phi) is 10.5. The summed E-state index contributed by atoms with van der Waals surface area (Å²) in [6.45, 7) is 8.54. The highest BCUT2D eigenvalue weighted by Crippen LogP contribution is 2.43. The molecule has 4 atom stereocenters. The van der Waals surface area contributed by atoms with Gasteiger partial charge < -0.3 is 24.4 Å². The number of hydrogen-bond acceptors (Lipinski definition) is 13. The van der Waals surface area contributed by atoms with E-state index in [-0.39, 0.29) is 17.6 Å². The molecule has 9 rings (SSSR count). The molecule has 0 spiro atoms. The fourth-order valence-electron chi connectivity index (χ4n) is 8.29. The molecule has 18 nitrogen and oxygen atoms in total. The molecule has 2 fully saturated rings. The van der Waals surface area contributed by atoms with E-state index >= 15 is 0 Å². The van der Waals surface area contributed by atoms with Crippen molar-refractivity contribution >= 4 is 11.4 Å². The zero-order chi connectivity index (χ0) is 40.3. The van der Waals surface area contributed by atoms with Crippen LogP contribution in [0.3, 0.4) is 0 Å². The minimum absolute atomic E-state index is 0.112. The first-order valence-corrected chi connectivity index (χ1v) is 19.9. The third-order valence-electron chi connectivity index (χ3n) is 11.4. The number of nitrogens with zero attached hydrogens (tertiary/aromatic N) is 14. The van der Waals surface area contributed by atoms with E-state index in [1.165, 1.54) is 34.6 Å². The second-order valence-electron chi connectivity index (χ2n) is 15.1. The normalized spacial score (nSPS) is 19.3. The van der Waals surface area contributed by atoms with Gasteiger partial charge in [-0.3, -0.25) is 0 Å². The molecule has 7 aromatic rings. The maximum atomic E-state index is 13.1. The van der Waals surface area contributed by atoms with E-state index < -0.39 is 11.7 Å². The van der Waals surface area contributed by atoms with Crippen molar-refractivity contribution < 1.29 is 14.6 Å². The van der Waals surface area contributed by atoms with Crippen LogP contribution in [0, 0.1) is 5.92 Å². The Balaban J connectivity index is 0.826. The number of hydrogen-bond donors (Lipinski definition) is 1. The topological polar surface area (TPSA) is 177 Å². The van der Waals surface area contributed by atoms with Crippen LogP contribution in [0.4, 0.5) is 11.4 Å². The number of aromatic nitrogens is 12. The zero-order valence-electron chi connectivity index (χ0n) is 32.9. The molecule has 18 heteroatoms. The lowest BCUT2D eigenvalue weighted by Crippen LogP contribution is -2.46. The summed E-state index contributed by atoms with van der Waals surface area (Å²) in [5.41, 5.74) is 4.61. The Morgan fingerprint density at radius 2 is 1.41 bits per heavy atom. The van der Waals surface area contributed by atoms with Gasteiger partial charge in [0.1, 0.15) is 55.6 Å². The summed E-state index contributed by atoms with van der Waals surface area (Å²) in [6.07, 6.45) is 11.7. The highest BCUT2D eigenvalue weighted by molar-refractivity contribution is 5.55. The minimum atomic E-state index is -0.736. The zero-order valence-corrected chi connectivity index (χ0v) is 32.9. The first kappa shape index (κ1) is 37.9. The number of ether oxygens (including phenoxy) is 2. The second-order valence-corrected chi connectivity index (χ2v) is 15.1. The van der Waals surface area contributed by atoms with Gasteiger partial charge in [-0.25, -0.2) is 43.0 Å². The average Bonchev–Trinajstić information content (AvgIpc) is 4.14. The average molecular weight is 799 g/mol. The lowest BCUT2D eigenvalue weighted by atomic mass is 9.86. The Morgan fingerprint density at radius 1 is 0.780 bits per heavy atom. The summed E-state index contributed by atoms with van der Waals surface area (Å²) in [5.74, 6) is 0.920. The van der Waals surface area contributed by atoms with Crippen LogP contribution in [-0.4, -0.2) is 109 Å². The SMILES string of the molecule is CC[C@@H]([C@H](C)O)n1ncn(-c2ccc(N3CCN(c4ccc(OC[C@@H]5CO[C@@](Cn6cncn6)(c6ccc(-n7cncn7)cc6-n6cncn6)C5)cc4)CC3)cc2)c1=O. The maximum absolute atomic E-state index is 13.1. The van der Waals surface area contributed by atoms with Crippen molar-refractivity contribution in [2.45, 2.75) is 51.0 Å². The minimum Gasteiger partial charge on any atom is -0.493 e. The monoisotopic (exact) mass is 798 g/mol. The molecule has 2 saturated heterocycles. The van der Waals surface area contributed by atoms with Crippen molar-refractivity contribution in [3.05, 3.63) is 127 Å². The van der Waals surface area contributed by atoms with Crippen molar-refractivity contribution in [1.29, 1.82) is 0 Å². The number of aliphatic hydroxyl groups is 1. The summed E-state index contributed by atoms with van der Waals surface area (Å²) < 4.78 is 21.3. The first-order chi connectivity index (χ1) is 28.9. The molecule has 0 saturated carbocycles. The number of rotatable bonds is 14. The number of benzene rings is 3. The molecule has 0 aliphatic carbocycles. The molecule has 6 heterocycles. The predicted molar refractivity (Wildman–Crippen MR) is 217 cm³/mol. The summed E-state index contributed by atoms with van der Waals surface area (Å²) in [7, 11) is 0. The largest absolute Gasteiger partial charge is 0.493 e. The fraction of sp³-hybridized carbons (Fsp3) is 0.366. The van der Waals surface area contributed by atoms with Crippen molar-refractivity contribution in [2.75, 3.05) is 49.2 Å². The molecule has 0 unspecified atom stereocenters. The van der Waals surface area contributed by atoms with Crippen LogP contribution in [-0.2, 0) is 16.9 Å². The van der Waals surface area contributed by atoms with Gasteiger partial charge in [-0.15, -0.1) is 0 Å². The predicted octanol–water partition coefficient (Wildman–Crippen LogP) is 3.46. The van der Waals surface area contributed by atoms with Gasteiger partial charge in [-0.05, 0) is 80.4 Å². The van der Waals surface area contributed by atoms with Crippen molar-refractivity contribution in [1.82, 2.24) is 58.6 Å². The smallest absolute Gasteiger partial charge is 0.350 e. The van der Waals surface area contributed by atoms with E-state index in [4.69, 9.17) is 9.47 Å². The van der Waals surface area contributed by atoms with Gasteiger partial charge in [0.15, 0.2) is 0 Å². The Morgan fingerprint density at radius 3 is 2.03 bits per heavy atom. The van der Waals surface area contributed by atoms with E-state index in [2.05, 4.69) is 63.3 Å². The van der Waals surface area contributed by atoms with Gasteiger partial charge in [-0.2, -0.15) is 20.4 Å². The van der Waals surface area contributed by atoms with E-state index in [0.717, 1.165) is 65.9 Å². The molecule has 0 bridgehead atoms. The van der Waals surface area contributed by atoms with E-state index in [9.17, 15) is 9.90 Å². The van der Waals surface area contributed by atoms with Crippen LogP contribution >= 0.6 is 0 Å². The lowest BCUT2D eigenvalue weighted by Gasteiger charge is -2.37. The van der Waals surface area contributed by atoms with Gasteiger partial charge >= 0.3 is 5.69 Å². The van der Waals surface area contributed by atoms with E-state index in [0.29, 0.717) is 32.6 Å². The molecule has 4 aromatic heterocycles. The van der Waals surface area contributed by atoms with Crippen LogP contribution in [0.15, 0.2) is 116 Å². The fourth-order valence-corrected chi connectivity index (χ4v) is 8.29. The first-order valence-electron chi connectivity index (χ1n) is 19.9. The Hall–Kier alpha value is -6.66. The summed E-state index contributed by atoms with van der Waals surface area (Å²) >= 11 is 0. The molecule has 1 N–H and O–H groups in total. The third-order valence-corrected chi connectivity index (χ3v) is 11.4. The molecule has 2 aliphatic heterocycles. The number of piperazine rings is 1. The molecular weight excluding hydrogens is 753 g/mol. The van der Waals surface area contributed by atoms with Gasteiger partial charge in [0.05, 0.1) is 49.0 Å². The Bertz CT molecular complexity index is 2470. The van der Waals surface area contributed by atoms with Crippen LogP contribution in [0.1, 0.15) is 38.3 Å². The lowest BCUT2D eigenvalue weighted by molar-refractivity contribution is -0.0180. The highest BCUT2D eigenvalue weighted by Gasteiger charge is 2.45. The van der Waals surface area contributed by atoms with Crippen molar-refractivity contribution in [3.63, 3.8) is 0 Å². The second kappa shape index (κ2) is 16.3. The number of anilines is 2. The van der Waals surface area contributed by atoms with Gasteiger partial charge in [0.2, 0.25) is 0 Å². The quantitative estimate of drug-likeness (QED) is 0.170. The van der Waals surface area contributed by atoms with Gasteiger partial charge in [-0.1, -0.05) is 13.0 Å². The molecule has 304 valence electrons. The molecule has 0 radical (unpaired) electrons. The van der Waals surface area contributed by atoms with Crippen LogP contribution in [0.5, 0.6) is 5.75 Å². The third kappa shape index (κ3) is 7.71. The maximum Gasteiger partial charge on any atom is 0.350 e. The number of aliphatic hydroxyl groups excluding tert-OH is 1. The van der Waals surface area contributed by atoms with Gasteiger partial charge in [0.25, 0.3) is 0 Å². The van der Waals surface area contributed by atoms with Crippen molar-refractivity contribution in [2.24, 2.45) is 5.92 Å².